The van der Waals surface area contributed by atoms with E-state index in [0.717, 1.165) is 55.0 Å². The van der Waals surface area contributed by atoms with Gasteiger partial charge in [0.2, 0.25) is 0 Å². The lowest BCUT2D eigenvalue weighted by Crippen LogP contribution is -2.27. The third-order valence-electron chi connectivity index (χ3n) is 4.45. The van der Waals surface area contributed by atoms with Crippen molar-refractivity contribution in [1.29, 1.82) is 0 Å². The van der Waals surface area contributed by atoms with E-state index in [0.29, 0.717) is 0 Å². The van der Waals surface area contributed by atoms with Crippen molar-refractivity contribution in [1.82, 2.24) is 4.98 Å². The van der Waals surface area contributed by atoms with Crippen molar-refractivity contribution in [3.05, 3.63) is 79.4 Å². The van der Waals surface area contributed by atoms with Crippen molar-refractivity contribution >= 4 is 22.7 Å². The molecule has 0 aliphatic rings. The van der Waals surface area contributed by atoms with E-state index in [1.54, 1.807) is 0 Å². The van der Waals surface area contributed by atoms with Crippen molar-refractivity contribution in [2.75, 3.05) is 18.0 Å². The van der Waals surface area contributed by atoms with Crippen LogP contribution in [0.25, 0.3) is 16.7 Å². The molecular weight excluding hydrogens is 332 g/mol. The van der Waals surface area contributed by atoms with Gasteiger partial charge in [0.25, 0.3) is 6.01 Å². The van der Waals surface area contributed by atoms with Gasteiger partial charge in [0.15, 0.2) is 5.58 Å². The number of anilines is 1. The predicted molar refractivity (Wildman–Crippen MR) is 117 cm³/mol. The summed E-state index contributed by atoms with van der Waals surface area (Å²) in [5, 5.41) is 0. The van der Waals surface area contributed by atoms with Gasteiger partial charge in [-0.25, -0.2) is 0 Å². The first kappa shape index (κ1) is 20.5. The largest absolute Gasteiger partial charge is 0.423 e. The van der Waals surface area contributed by atoms with Crippen LogP contribution in [-0.4, -0.2) is 18.1 Å². The molecule has 0 saturated carbocycles. The van der Waals surface area contributed by atoms with Crippen LogP contribution in [0.4, 0.5) is 6.01 Å². The smallest absolute Gasteiger partial charge is 0.298 e. The second kappa shape index (κ2) is 10.4. The van der Waals surface area contributed by atoms with Gasteiger partial charge in [-0.2, -0.15) is 4.98 Å². The summed E-state index contributed by atoms with van der Waals surface area (Å²) in [6, 6.07) is 17.3. The molecule has 0 radical (unpaired) electrons. The molecule has 3 nitrogen and oxygen atoms in total. The maximum absolute atomic E-state index is 5.97. The van der Waals surface area contributed by atoms with Crippen molar-refractivity contribution < 1.29 is 4.42 Å². The topological polar surface area (TPSA) is 29.3 Å². The maximum Gasteiger partial charge on any atom is 0.298 e. The maximum atomic E-state index is 5.97. The zero-order valence-corrected chi connectivity index (χ0v) is 16.6. The van der Waals surface area contributed by atoms with E-state index in [9.17, 15) is 0 Å². The van der Waals surface area contributed by atoms with Gasteiger partial charge in [-0.3, -0.25) is 0 Å². The van der Waals surface area contributed by atoms with Crippen LogP contribution in [0.2, 0.25) is 0 Å². The Morgan fingerprint density at radius 3 is 2.37 bits per heavy atom. The SMILES string of the molecule is C=C.C=C(C)c1ccc(CCN(CCCC)c2nc3ccccc3o2)cc1. The first-order chi connectivity index (χ1) is 13.2. The summed E-state index contributed by atoms with van der Waals surface area (Å²) in [5.41, 5.74) is 5.39. The molecule has 0 atom stereocenters. The fraction of sp³-hybridized carbons (Fsp3) is 0.292. The fourth-order valence-corrected chi connectivity index (χ4v) is 2.87. The summed E-state index contributed by atoms with van der Waals surface area (Å²) in [5.74, 6) is 0. The predicted octanol–water partition coefficient (Wildman–Crippen LogP) is 6.51. The number of benzene rings is 2. The molecule has 3 aromatic rings. The Bertz CT molecular complexity index is 815. The summed E-state index contributed by atoms with van der Waals surface area (Å²) in [6.45, 7) is 16.1. The zero-order chi connectivity index (χ0) is 19.6. The number of para-hydroxylation sites is 2. The molecule has 27 heavy (non-hydrogen) atoms. The van der Waals surface area contributed by atoms with Crippen LogP contribution in [-0.2, 0) is 6.42 Å². The molecule has 3 heteroatoms. The molecule has 0 fully saturated rings. The summed E-state index contributed by atoms with van der Waals surface area (Å²) < 4.78 is 5.97. The van der Waals surface area contributed by atoms with Crippen LogP contribution < -0.4 is 4.90 Å². The molecule has 0 saturated heterocycles. The summed E-state index contributed by atoms with van der Waals surface area (Å²) in [4.78, 5) is 6.92. The highest BCUT2D eigenvalue weighted by Gasteiger charge is 2.13. The molecule has 1 heterocycles. The molecule has 0 aliphatic heterocycles. The molecule has 0 N–H and O–H groups in total. The molecule has 3 rings (SSSR count). The van der Waals surface area contributed by atoms with Gasteiger partial charge in [0.1, 0.15) is 5.52 Å². The van der Waals surface area contributed by atoms with Gasteiger partial charge in [-0.1, -0.05) is 61.9 Å². The summed E-state index contributed by atoms with van der Waals surface area (Å²) in [7, 11) is 0. The second-order valence-electron chi connectivity index (χ2n) is 6.53. The number of fused-ring (bicyclic) bond motifs is 1. The Labute approximate surface area is 163 Å². The first-order valence-electron chi connectivity index (χ1n) is 9.52. The first-order valence-corrected chi connectivity index (χ1v) is 9.52. The van der Waals surface area contributed by atoms with Crippen molar-refractivity contribution in [3.8, 4) is 0 Å². The van der Waals surface area contributed by atoms with Gasteiger partial charge >= 0.3 is 0 Å². The third kappa shape index (κ3) is 5.58. The lowest BCUT2D eigenvalue weighted by Gasteiger charge is -2.20. The molecule has 0 aliphatic carbocycles. The number of nitrogens with zero attached hydrogens (tertiary/aromatic N) is 2. The van der Waals surface area contributed by atoms with Crippen LogP contribution in [0.3, 0.4) is 0 Å². The van der Waals surface area contributed by atoms with E-state index in [1.165, 1.54) is 11.1 Å². The van der Waals surface area contributed by atoms with E-state index >= 15 is 0 Å². The number of hydrogen-bond donors (Lipinski definition) is 0. The Balaban J connectivity index is 0.00000126. The van der Waals surface area contributed by atoms with Crippen LogP contribution in [0.1, 0.15) is 37.8 Å². The van der Waals surface area contributed by atoms with Gasteiger partial charge in [-0.05, 0) is 43.0 Å². The summed E-state index contributed by atoms with van der Waals surface area (Å²) in [6.07, 6.45) is 3.26. The molecule has 0 unspecified atom stereocenters. The van der Waals surface area contributed by atoms with E-state index in [4.69, 9.17) is 4.42 Å². The molecular formula is C24H30N2O. The normalized spacial score (nSPS) is 10.3. The molecule has 1 aromatic heterocycles. The van der Waals surface area contributed by atoms with E-state index < -0.39 is 0 Å². The van der Waals surface area contributed by atoms with Crippen molar-refractivity contribution in [2.45, 2.75) is 33.1 Å². The minimum atomic E-state index is 0.730. The summed E-state index contributed by atoms with van der Waals surface area (Å²) >= 11 is 0. The quantitative estimate of drug-likeness (QED) is 0.428. The Morgan fingerprint density at radius 1 is 1.04 bits per heavy atom. The van der Waals surface area contributed by atoms with Gasteiger partial charge in [0, 0.05) is 13.1 Å². The Morgan fingerprint density at radius 2 is 1.74 bits per heavy atom. The minimum Gasteiger partial charge on any atom is -0.423 e. The van der Waals surface area contributed by atoms with Crippen LogP contribution in [0, 0.1) is 0 Å². The number of aromatic nitrogens is 1. The molecule has 142 valence electrons. The van der Waals surface area contributed by atoms with Gasteiger partial charge in [-0.15, -0.1) is 13.2 Å². The molecule has 0 bridgehead atoms. The number of hydrogen-bond acceptors (Lipinski definition) is 3. The number of rotatable bonds is 8. The highest BCUT2D eigenvalue weighted by atomic mass is 16.4. The minimum absolute atomic E-state index is 0.730. The van der Waals surface area contributed by atoms with Crippen molar-refractivity contribution in [3.63, 3.8) is 0 Å². The molecule has 2 aromatic carbocycles. The van der Waals surface area contributed by atoms with Crippen molar-refractivity contribution in [2.24, 2.45) is 0 Å². The van der Waals surface area contributed by atoms with E-state index in [1.807, 2.05) is 31.2 Å². The molecule has 0 amide bonds. The Hall–Kier alpha value is -2.81. The number of oxazole rings is 1. The number of allylic oxidation sites excluding steroid dienone is 1. The second-order valence-corrected chi connectivity index (χ2v) is 6.53. The van der Waals surface area contributed by atoms with E-state index in [-0.39, 0.29) is 0 Å². The van der Waals surface area contributed by atoms with Crippen LogP contribution in [0.15, 0.2) is 72.7 Å². The average Bonchev–Trinajstić information content (AvgIpc) is 3.14. The van der Waals surface area contributed by atoms with Crippen LogP contribution in [0.5, 0.6) is 0 Å². The number of unbranched alkanes of at least 4 members (excludes halogenated alkanes) is 1. The monoisotopic (exact) mass is 362 g/mol. The third-order valence-corrected chi connectivity index (χ3v) is 4.45. The van der Waals surface area contributed by atoms with Crippen LogP contribution >= 0.6 is 0 Å². The Kier molecular flexibility index (Phi) is 7.87. The molecule has 0 spiro atoms. The zero-order valence-electron chi connectivity index (χ0n) is 16.6. The standard InChI is InChI=1S/C22H26N2O.C2H4/c1-4-5-15-24(22-23-20-8-6-7-9-21(20)25-22)16-14-18-10-12-19(13-11-18)17(2)3;1-2/h6-13H,2,4-5,14-16H2,1,3H3;1-2H2. The fourth-order valence-electron chi connectivity index (χ4n) is 2.87. The lowest BCUT2D eigenvalue weighted by atomic mass is 10.1. The highest BCUT2D eigenvalue weighted by molar-refractivity contribution is 5.74. The van der Waals surface area contributed by atoms with Gasteiger partial charge < -0.3 is 9.32 Å². The van der Waals surface area contributed by atoms with Gasteiger partial charge in [0.05, 0.1) is 0 Å². The average molecular weight is 363 g/mol. The lowest BCUT2D eigenvalue weighted by molar-refractivity contribution is 0.557. The highest BCUT2D eigenvalue weighted by Crippen LogP contribution is 2.22. The van der Waals surface area contributed by atoms with E-state index in [2.05, 4.69) is 60.8 Å².